The largest absolute Gasteiger partial charge is 0.398 e. The highest BCUT2D eigenvalue weighted by Crippen LogP contribution is 2.23. The molecule has 7 nitrogen and oxygen atoms in total. The van der Waals surface area contributed by atoms with Crippen LogP contribution in [0.4, 0.5) is 11.4 Å². The number of hydrogen-bond acceptors (Lipinski definition) is 5. The summed E-state index contributed by atoms with van der Waals surface area (Å²) in [5, 5.41) is 7.55. The Morgan fingerprint density at radius 3 is 2.53 bits per heavy atom. The molecule has 0 bridgehead atoms. The first-order chi connectivity index (χ1) is 8.75. The lowest BCUT2D eigenvalue weighted by atomic mass is 10.2. The second-order valence-electron chi connectivity index (χ2n) is 4.11. The highest BCUT2D eigenvalue weighted by molar-refractivity contribution is 7.89. The smallest absolute Gasteiger partial charge is 0.240 e. The van der Waals surface area contributed by atoms with Gasteiger partial charge in [-0.15, -0.1) is 0 Å². The van der Waals surface area contributed by atoms with Crippen LogP contribution in [0.1, 0.15) is 6.42 Å². The van der Waals surface area contributed by atoms with Gasteiger partial charge >= 0.3 is 0 Å². The molecular formula is C11H18N4O3S. The second kappa shape index (κ2) is 5.89. The SMILES string of the molecule is CNC(=O)CCN(C)c1ccc(S(N)(=O)=O)c(N)c1. The summed E-state index contributed by atoms with van der Waals surface area (Å²) in [5.41, 5.74) is 6.47. The van der Waals surface area contributed by atoms with Gasteiger partial charge in [0, 0.05) is 32.7 Å². The van der Waals surface area contributed by atoms with Gasteiger partial charge in [-0.2, -0.15) is 0 Å². The van der Waals surface area contributed by atoms with E-state index in [1.54, 1.807) is 25.1 Å². The van der Waals surface area contributed by atoms with Crippen molar-refractivity contribution in [2.24, 2.45) is 5.14 Å². The fourth-order valence-electron chi connectivity index (χ4n) is 1.56. The third kappa shape index (κ3) is 4.11. The number of nitrogen functional groups attached to an aromatic ring is 1. The predicted molar refractivity (Wildman–Crippen MR) is 74.2 cm³/mol. The summed E-state index contributed by atoms with van der Waals surface area (Å²) in [6.07, 6.45) is 0.337. The Labute approximate surface area is 112 Å². The zero-order valence-corrected chi connectivity index (χ0v) is 11.7. The summed E-state index contributed by atoms with van der Waals surface area (Å²) in [4.78, 5) is 12.8. The van der Waals surface area contributed by atoms with Crippen LogP contribution < -0.4 is 21.1 Å². The van der Waals surface area contributed by atoms with Crippen LogP contribution in [0.2, 0.25) is 0 Å². The molecule has 1 aromatic rings. The van der Waals surface area contributed by atoms with E-state index in [1.807, 2.05) is 0 Å². The number of primary sulfonamides is 1. The topological polar surface area (TPSA) is 119 Å². The Bertz CT molecular complexity index is 571. The van der Waals surface area contributed by atoms with Gasteiger partial charge in [-0.05, 0) is 18.2 Å². The minimum atomic E-state index is -3.81. The molecule has 106 valence electrons. The van der Waals surface area contributed by atoms with Crippen LogP contribution in [-0.4, -0.2) is 35.0 Å². The van der Waals surface area contributed by atoms with Crippen molar-refractivity contribution in [1.29, 1.82) is 0 Å². The average Bonchev–Trinajstić information content (AvgIpc) is 2.33. The fraction of sp³-hybridized carbons (Fsp3) is 0.364. The standard InChI is InChI=1S/C11H18N4O3S/c1-14-11(16)5-6-15(2)8-3-4-10(9(12)7-8)19(13,17)18/h3-4,7H,5-6,12H2,1-2H3,(H,14,16)(H2,13,17,18). The Balaban J connectivity index is 2.86. The van der Waals surface area contributed by atoms with E-state index in [2.05, 4.69) is 5.32 Å². The molecule has 19 heavy (non-hydrogen) atoms. The molecule has 0 heterocycles. The van der Waals surface area contributed by atoms with Gasteiger partial charge in [-0.3, -0.25) is 4.79 Å². The molecule has 8 heteroatoms. The number of rotatable bonds is 5. The van der Waals surface area contributed by atoms with Gasteiger partial charge in [0.2, 0.25) is 15.9 Å². The summed E-state index contributed by atoms with van der Waals surface area (Å²) < 4.78 is 22.4. The third-order valence-corrected chi connectivity index (χ3v) is 3.68. The number of anilines is 2. The summed E-state index contributed by atoms with van der Waals surface area (Å²) >= 11 is 0. The van der Waals surface area contributed by atoms with Crippen molar-refractivity contribution in [1.82, 2.24) is 5.32 Å². The molecule has 1 amide bonds. The molecular weight excluding hydrogens is 268 g/mol. The molecule has 0 aliphatic rings. The molecule has 0 saturated carbocycles. The third-order valence-electron chi connectivity index (χ3n) is 2.69. The number of carbonyl (C=O) groups is 1. The van der Waals surface area contributed by atoms with Gasteiger partial charge < -0.3 is 16.0 Å². The second-order valence-corrected chi connectivity index (χ2v) is 5.64. The molecule has 0 aliphatic carbocycles. The number of nitrogens with zero attached hydrogens (tertiary/aromatic N) is 1. The van der Waals surface area contributed by atoms with E-state index in [1.165, 1.54) is 12.1 Å². The molecule has 0 unspecified atom stereocenters. The Morgan fingerprint density at radius 2 is 2.05 bits per heavy atom. The maximum absolute atomic E-state index is 11.2. The monoisotopic (exact) mass is 286 g/mol. The number of benzene rings is 1. The first-order valence-electron chi connectivity index (χ1n) is 5.59. The van der Waals surface area contributed by atoms with Crippen LogP contribution >= 0.6 is 0 Å². The zero-order valence-electron chi connectivity index (χ0n) is 10.9. The molecule has 1 rings (SSSR count). The van der Waals surface area contributed by atoms with E-state index in [9.17, 15) is 13.2 Å². The highest BCUT2D eigenvalue weighted by Gasteiger charge is 2.13. The minimum Gasteiger partial charge on any atom is -0.398 e. The maximum atomic E-state index is 11.2. The molecule has 0 fully saturated rings. The lowest BCUT2D eigenvalue weighted by Gasteiger charge is -2.19. The van der Waals surface area contributed by atoms with Crippen molar-refractivity contribution in [3.63, 3.8) is 0 Å². The van der Waals surface area contributed by atoms with Gasteiger partial charge in [0.05, 0.1) is 5.69 Å². The summed E-state index contributed by atoms with van der Waals surface area (Å²) in [6, 6.07) is 4.47. The van der Waals surface area contributed by atoms with Crippen molar-refractivity contribution >= 4 is 27.3 Å². The number of amides is 1. The lowest BCUT2D eigenvalue weighted by Crippen LogP contribution is -2.26. The van der Waals surface area contributed by atoms with Gasteiger partial charge in [-0.25, -0.2) is 13.6 Å². The van der Waals surface area contributed by atoms with Crippen LogP contribution in [0.15, 0.2) is 23.1 Å². The maximum Gasteiger partial charge on any atom is 0.240 e. The molecule has 0 spiro atoms. The summed E-state index contributed by atoms with van der Waals surface area (Å²) in [7, 11) is -0.457. The van der Waals surface area contributed by atoms with Crippen molar-refractivity contribution in [3.05, 3.63) is 18.2 Å². The Kier molecular flexibility index (Phi) is 4.73. The van der Waals surface area contributed by atoms with E-state index in [0.717, 1.165) is 0 Å². The molecule has 1 aromatic carbocycles. The van der Waals surface area contributed by atoms with E-state index in [-0.39, 0.29) is 16.5 Å². The molecule has 0 atom stereocenters. The summed E-state index contributed by atoms with van der Waals surface area (Å²) in [6.45, 7) is 0.494. The zero-order chi connectivity index (χ0) is 14.6. The first-order valence-corrected chi connectivity index (χ1v) is 7.14. The van der Waals surface area contributed by atoms with E-state index < -0.39 is 10.0 Å². The van der Waals surface area contributed by atoms with Gasteiger partial charge in [0.25, 0.3) is 0 Å². The Hall–Kier alpha value is -1.80. The average molecular weight is 286 g/mol. The van der Waals surface area contributed by atoms with E-state index >= 15 is 0 Å². The van der Waals surface area contributed by atoms with E-state index in [4.69, 9.17) is 10.9 Å². The number of sulfonamides is 1. The lowest BCUT2D eigenvalue weighted by molar-refractivity contribution is -0.120. The minimum absolute atomic E-state index is 0.0685. The quantitative estimate of drug-likeness (QED) is 0.630. The van der Waals surface area contributed by atoms with Crippen LogP contribution in [-0.2, 0) is 14.8 Å². The van der Waals surface area contributed by atoms with Gasteiger partial charge in [0.15, 0.2) is 0 Å². The van der Waals surface area contributed by atoms with Crippen molar-refractivity contribution in [2.45, 2.75) is 11.3 Å². The normalized spacial score (nSPS) is 11.1. The number of nitrogens with one attached hydrogen (secondary N) is 1. The molecule has 5 N–H and O–H groups in total. The van der Waals surface area contributed by atoms with Crippen LogP contribution in [0, 0.1) is 0 Å². The fourth-order valence-corrected chi connectivity index (χ4v) is 2.20. The first kappa shape index (κ1) is 15.3. The van der Waals surface area contributed by atoms with Gasteiger partial charge in [0.1, 0.15) is 4.90 Å². The predicted octanol–water partition coefficient (Wildman–Crippen LogP) is -0.511. The number of carbonyl (C=O) groups excluding carboxylic acids is 1. The van der Waals surface area contributed by atoms with Crippen LogP contribution in [0.5, 0.6) is 0 Å². The number of hydrogen-bond donors (Lipinski definition) is 3. The van der Waals surface area contributed by atoms with Gasteiger partial charge in [-0.1, -0.05) is 0 Å². The Morgan fingerprint density at radius 1 is 1.42 bits per heavy atom. The molecule has 0 aliphatic heterocycles. The highest BCUT2D eigenvalue weighted by atomic mass is 32.2. The van der Waals surface area contributed by atoms with E-state index in [0.29, 0.717) is 18.7 Å². The molecule has 0 radical (unpaired) electrons. The van der Waals surface area contributed by atoms with Crippen molar-refractivity contribution in [2.75, 3.05) is 31.3 Å². The van der Waals surface area contributed by atoms with Crippen LogP contribution in [0.25, 0.3) is 0 Å². The number of nitrogens with two attached hydrogens (primary N) is 2. The molecule has 0 aromatic heterocycles. The summed E-state index contributed by atoms with van der Waals surface area (Å²) in [5.74, 6) is -0.0685. The van der Waals surface area contributed by atoms with Crippen molar-refractivity contribution < 1.29 is 13.2 Å². The van der Waals surface area contributed by atoms with Crippen molar-refractivity contribution in [3.8, 4) is 0 Å². The molecule has 0 saturated heterocycles. The van der Waals surface area contributed by atoms with Crippen LogP contribution in [0.3, 0.4) is 0 Å².